The maximum atomic E-state index is 5.59. The second kappa shape index (κ2) is 6.99. The van der Waals surface area contributed by atoms with Crippen LogP contribution in [0.1, 0.15) is 23.3 Å². The molecule has 0 unspecified atom stereocenters. The Kier molecular flexibility index (Phi) is 5.00. The molecule has 3 heteroatoms. The molecule has 96 valence electrons. The molecule has 0 saturated carbocycles. The van der Waals surface area contributed by atoms with E-state index in [-0.39, 0.29) is 0 Å². The smallest absolute Gasteiger partial charge is 0.133 e. The molecule has 2 rings (SSSR count). The third-order valence-corrected chi connectivity index (χ3v) is 2.89. The quantitative estimate of drug-likeness (QED) is 0.763. The molecule has 0 fully saturated rings. The second-order valence-corrected chi connectivity index (χ2v) is 4.21. The van der Waals surface area contributed by atoms with Gasteiger partial charge in [-0.25, -0.2) is 0 Å². The summed E-state index contributed by atoms with van der Waals surface area (Å²) in [7, 11) is 0. The van der Waals surface area contributed by atoms with Crippen LogP contribution in [-0.2, 0) is 24.3 Å². The lowest BCUT2D eigenvalue weighted by Gasteiger charge is -2.04. The first-order chi connectivity index (χ1) is 8.90. The van der Waals surface area contributed by atoms with E-state index in [1.165, 1.54) is 5.56 Å². The van der Waals surface area contributed by atoms with Crippen LogP contribution in [0.4, 0.5) is 0 Å². The fourth-order valence-corrected chi connectivity index (χ4v) is 1.86. The van der Waals surface area contributed by atoms with Crippen LogP contribution in [0.5, 0.6) is 0 Å². The molecule has 0 atom stereocenters. The molecule has 3 nitrogen and oxygen atoms in total. The van der Waals surface area contributed by atoms with E-state index in [0.29, 0.717) is 13.2 Å². The molecular formula is C15H19NO2. The Morgan fingerprint density at radius 2 is 1.94 bits per heavy atom. The van der Waals surface area contributed by atoms with Gasteiger partial charge < -0.3 is 14.9 Å². The van der Waals surface area contributed by atoms with Crippen LogP contribution in [0.3, 0.4) is 0 Å². The van der Waals surface area contributed by atoms with Crippen molar-refractivity contribution in [3.63, 3.8) is 0 Å². The molecule has 0 bridgehead atoms. The van der Waals surface area contributed by atoms with E-state index < -0.39 is 0 Å². The van der Waals surface area contributed by atoms with E-state index in [9.17, 15) is 0 Å². The van der Waals surface area contributed by atoms with E-state index in [4.69, 9.17) is 14.9 Å². The number of nitrogens with two attached hydrogens (primary N) is 1. The van der Waals surface area contributed by atoms with E-state index in [2.05, 4.69) is 24.3 Å². The van der Waals surface area contributed by atoms with Crippen molar-refractivity contribution in [1.29, 1.82) is 0 Å². The maximum Gasteiger partial charge on any atom is 0.133 e. The van der Waals surface area contributed by atoms with Gasteiger partial charge in [-0.2, -0.15) is 0 Å². The molecule has 2 N–H and O–H groups in total. The van der Waals surface area contributed by atoms with E-state index in [0.717, 1.165) is 30.8 Å². The van der Waals surface area contributed by atoms with Crippen molar-refractivity contribution in [3.8, 4) is 0 Å². The fourth-order valence-electron chi connectivity index (χ4n) is 1.86. The molecule has 1 heterocycles. The summed E-state index contributed by atoms with van der Waals surface area (Å²) in [6.07, 6.45) is 3.72. The Balaban J connectivity index is 1.65. The van der Waals surface area contributed by atoms with Crippen molar-refractivity contribution in [2.24, 2.45) is 5.73 Å². The topological polar surface area (TPSA) is 48.4 Å². The summed E-state index contributed by atoms with van der Waals surface area (Å²) in [5.41, 5.74) is 7.96. The third-order valence-electron chi connectivity index (χ3n) is 2.89. The fraction of sp³-hybridized carbons (Fsp3) is 0.333. The molecule has 0 aliphatic rings. The number of rotatable bonds is 7. The van der Waals surface area contributed by atoms with Gasteiger partial charge in [-0.3, -0.25) is 0 Å². The maximum absolute atomic E-state index is 5.59. The van der Waals surface area contributed by atoms with Crippen molar-refractivity contribution >= 4 is 0 Å². The lowest BCUT2D eigenvalue weighted by molar-refractivity contribution is 0.103. The van der Waals surface area contributed by atoms with Crippen LogP contribution in [0, 0.1) is 0 Å². The van der Waals surface area contributed by atoms with Crippen molar-refractivity contribution < 1.29 is 9.15 Å². The second-order valence-electron chi connectivity index (χ2n) is 4.21. The van der Waals surface area contributed by atoms with Crippen LogP contribution in [0.25, 0.3) is 0 Å². The molecule has 18 heavy (non-hydrogen) atoms. The minimum absolute atomic E-state index is 0.499. The molecule has 0 aliphatic carbocycles. The number of hydrogen-bond acceptors (Lipinski definition) is 3. The first-order valence-corrected chi connectivity index (χ1v) is 6.27. The van der Waals surface area contributed by atoms with E-state index >= 15 is 0 Å². The minimum Gasteiger partial charge on any atom is -0.467 e. The molecule has 0 saturated heterocycles. The zero-order valence-electron chi connectivity index (χ0n) is 10.5. The molecule has 1 aromatic heterocycles. The molecular weight excluding hydrogens is 226 g/mol. The van der Waals surface area contributed by atoms with Gasteiger partial charge in [0.15, 0.2) is 0 Å². The van der Waals surface area contributed by atoms with Crippen molar-refractivity contribution in [3.05, 3.63) is 59.5 Å². The van der Waals surface area contributed by atoms with E-state index in [1.807, 2.05) is 12.1 Å². The normalized spacial score (nSPS) is 10.7. The molecule has 0 radical (unpaired) electrons. The zero-order chi connectivity index (χ0) is 12.6. The predicted octanol–water partition coefficient (Wildman–Crippen LogP) is 2.89. The average Bonchev–Trinajstić information content (AvgIpc) is 2.87. The molecule has 1 aromatic carbocycles. The zero-order valence-corrected chi connectivity index (χ0v) is 10.5. The van der Waals surface area contributed by atoms with Gasteiger partial charge in [-0.15, -0.1) is 0 Å². The minimum atomic E-state index is 0.499. The highest BCUT2D eigenvalue weighted by molar-refractivity contribution is 5.16. The number of furan rings is 1. The van der Waals surface area contributed by atoms with Gasteiger partial charge in [0.25, 0.3) is 0 Å². The molecule has 0 amide bonds. The summed E-state index contributed by atoms with van der Waals surface area (Å²) in [4.78, 5) is 0. The SMILES string of the molecule is NCc1ccoc1COCCCc1ccccc1. The highest BCUT2D eigenvalue weighted by Gasteiger charge is 2.04. The van der Waals surface area contributed by atoms with Gasteiger partial charge in [0, 0.05) is 18.7 Å². The number of aryl methyl sites for hydroxylation is 1. The Bertz CT molecular complexity index is 451. The summed E-state index contributed by atoms with van der Waals surface area (Å²) in [5, 5.41) is 0. The summed E-state index contributed by atoms with van der Waals surface area (Å²) in [6.45, 7) is 1.74. The number of benzene rings is 1. The lowest BCUT2D eigenvalue weighted by atomic mass is 10.1. The van der Waals surface area contributed by atoms with E-state index in [1.54, 1.807) is 6.26 Å². The molecule has 0 spiro atoms. The van der Waals surface area contributed by atoms with Gasteiger partial charge in [-0.05, 0) is 24.5 Å². The third kappa shape index (κ3) is 3.72. The van der Waals surface area contributed by atoms with Gasteiger partial charge in [0.05, 0.1) is 6.26 Å². The Morgan fingerprint density at radius 1 is 1.11 bits per heavy atom. The van der Waals surface area contributed by atoms with Crippen LogP contribution in [0.15, 0.2) is 47.1 Å². The Morgan fingerprint density at radius 3 is 2.72 bits per heavy atom. The molecule has 0 aliphatic heterocycles. The van der Waals surface area contributed by atoms with Gasteiger partial charge in [-0.1, -0.05) is 30.3 Å². The first kappa shape index (κ1) is 12.9. The molecule has 2 aromatic rings. The summed E-state index contributed by atoms with van der Waals surface area (Å²) in [5.74, 6) is 0.845. The van der Waals surface area contributed by atoms with Gasteiger partial charge >= 0.3 is 0 Å². The summed E-state index contributed by atoms with van der Waals surface area (Å²) in [6, 6.07) is 12.3. The monoisotopic (exact) mass is 245 g/mol. The lowest BCUT2D eigenvalue weighted by Crippen LogP contribution is -2.02. The van der Waals surface area contributed by atoms with Crippen LogP contribution in [-0.4, -0.2) is 6.61 Å². The first-order valence-electron chi connectivity index (χ1n) is 6.27. The summed E-state index contributed by atoms with van der Waals surface area (Å²) >= 11 is 0. The van der Waals surface area contributed by atoms with Crippen molar-refractivity contribution in [2.75, 3.05) is 6.61 Å². The van der Waals surface area contributed by atoms with Crippen LogP contribution >= 0.6 is 0 Å². The van der Waals surface area contributed by atoms with Crippen molar-refractivity contribution in [2.45, 2.75) is 26.0 Å². The number of ether oxygens (including phenoxy) is 1. The Labute approximate surface area is 108 Å². The number of hydrogen-bond donors (Lipinski definition) is 1. The highest BCUT2D eigenvalue weighted by Crippen LogP contribution is 2.11. The standard InChI is InChI=1S/C15H19NO2/c16-11-14-8-10-18-15(14)12-17-9-4-7-13-5-2-1-3-6-13/h1-3,5-6,8,10H,4,7,9,11-12,16H2. The largest absolute Gasteiger partial charge is 0.467 e. The van der Waals surface area contributed by atoms with Gasteiger partial charge in [0.2, 0.25) is 0 Å². The van der Waals surface area contributed by atoms with Crippen LogP contribution < -0.4 is 5.73 Å². The summed E-state index contributed by atoms with van der Waals surface area (Å²) < 4.78 is 10.9. The highest BCUT2D eigenvalue weighted by atomic mass is 16.5. The Hall–Kier alpha value is -1.58. The van der Waals surface area contributed by atoms with Crippen LogP contribution in [0.2, 0.25) is 0 Å². The average molecular weight is 245 g/mol. The predicted molar refractivity (Wildman–Crippen MR) is 71.0 cm³/mol. The van der Waals surface area contributed by atoms with Gasteiger partial charge in [0.1, 0.15) is 12.4 Å². The van der Waals surface area contributed by atoms with Crippen molar-refractivity contribution in [1.82, 2.24) is 0 Å².